The SMILES string of the molecule is CC(=O)OCO[C@@H]1[C@H](OCOC(C)=O)[C@H](COC(C)=O)OCO[C@@H]1COC(C)=O. The molecule has 1 saturated heterocycles. The van der Waals surface area contributed by atoms with Gasteiger partial charge >= 0.3 is 23.9 Å². The van der Waals surface area contributed by atoms with Crippen molar-refractivity contribution in [1.29, 1.82) is 0 Å². The van der Waals surface area contributed by atoms with Gasteiger partial charge in [0.15, 0.2) is 13.6 Å². The van der Waals surface area contributed by atoms with Crippen LogP contribution in [-0.2, 0) is 57.1 Å². The Balaban J connectivity index is 3.01. The second-order valence-electron chi connectivity index (χ2n) is 5.90. The Bertz CT molecular complexity index is 515. The molecule has 0 spiro atoms. The lowest BCUT2D eigenvalue weighted by Gasteiger charge is -2.32. The van der Waals surface area contributed by atoms with Crippen LogP contribution in [0, 0.1) is 0 Å². The molecule has 0 aromatic heterocycles. The van der Waals surface area contributed by atoms with E-state index in [0.717, 1.165) is 0 Å². The summed E-state index contributed by atoms with van der Waals surface area (Å²) in [5.74, 6) is -2.26. The smallest absolute Gasteiger partial charge is 0.304 e. The van der Waals surface area contributed by atoms with Crippen molar-refractivity contribution in [2.24, 2.45) is 0 Å². The zero-order valence-corrected chi connectivity index (χ0v) is 16.7. The summed E-state index contributed by atoms with van der Waals surface area (Å²) in [5, 5.41) is 0. The Labute approximate surface area is 167 Å². The van der Waals surface area contributed by atoms with Gasteiger partial charge in [0, 0.05) is 27.7 Å². The molecule has 166 valence electrons. The molecule has 0 aliphatic carbocycles. The molecule has 12 heteroatoms. The van der Waals surface area contributed by atoms with Crippen molar-refractivity contribution in [3.05, 3.63) is 0 Å². The van der Waals surface area contributed by atoms with Gasteiger partial charge in [0.1, 0.15) is 44.4 Å². The molecule has 0 saturated carbocycles. The number of hydrogen-bond acceptors (Lipinski definition) is 12. The minimum atomic E-state index is -0.993. The molecule has 0 N–H and O–H groups in total. The fourth-order valence-electron chi connectivity index (χ4n) is 2.31. The maximum Gasteiger partial charge on any atom is 0.304 e. The van der Waals surface area contributed by atoms with Gasteiger partial charge in [0.25, 0.3) is 0 Å². The lowest BCUT2D eigenvalue weighted by atomic mass is 10.0. The van der Waals surface area contributed by atoms with Crippen molar-refractivity contribution in [3.8, 4) is 0 Å². The Morgan fingerprint density at radius 2 is 1.00 bits per heavy atom. The summed E-state index contributed by atoms with van der Waals surface area (Å²) in [6.45, 7) is 3.27. The van der Waals surface area contributed by atoms with Crippen LogP contribution in [0.3, 0.4) is 0 Å². The maximum atomic E-state index is 11.2. The molecular formula is C17H26O12. The van der Waals surface area contributed by atoms with Crippen LogP contribution in [0.5, 0.6) is 0 Å². The number of esters is 4. The predicted molar refractivity (Wildman–Crippen MR) is 90.9 cm³/mol. The van der Waals surface area contributed by atoms with E-state index >= 15 is 0 Å². The van der Waals surface area contributed by atoms with E-state index in [2.05, 4.69) is 0 Å². The van der Waals surface area contributed by atoms with E-state index in [1.54, 1.807) is 0 Å². The van der Waals surface area contributed by atoms with E-state index < -0.39 is 61.9 Å². The highest BCUT2D eigenvalue weighted by Gasteiger charge is 2.42. The van der Waals surface area contributed by atoms with Gasteiger partial charge in [0.05, 0.1) is 0 Å². The average Bonchev–Trinajstić information content (AvgIpc) is 2.77. The molecule has 1 aliphatic heterocycles. The number of carbonyl (C=O) groups excluding carboxylic acids is 4. The first-order chi connectivity index (χ1) is 13.7. The zero-order valence-electron chi connectivity index (χ0n) is 16.7. The molecule has 1 fully saturated rings. The van der Waals surface area contributed by atoms with Gasteiger partial charge in [-0.2, -0.15) is 0 Å². The van der Waals surface area contributed by atoms with E-state index in [-0.39, 0.29) is 20.0 Å². The van der Waals surface area contributed by atoms with E-state index in [4.69, 9.17) is 37.9 Å². The van der Waals surface area contributed by atoms with Crippen LogP contribution in [0.1, 0.15) is 27.7 Å². The lowest BCUT2D eigenvalue weighted by Crippen LogP contribution is -2.50. The molecule has 29 heavy (non-hydrogen) atoms. The van der Waals surface area contributed by atoms with Crippen molar-refractivity contribution in [2.45, 2.75) is 52.1 Å². The van der Waals surface area contributed by atoms with Crippen molar-refractivity contribution in [3.63, 3.8) is 0 Å². The Kier molecular flexibility index (Phi) is 11.1. The Morgan fingerprint density at radius 3 is 1.31 bits per heavy atom. The summed E-state index contributed by atoms with van der Waals surface area (Å²) in [5.41, 5.74) is 0. The van der Waals surface area contributed by atoms with Gasteiger partial charge in [0.2, 0.25) is 0 Å². The largest absolute Gasteiger partial charge is 0.463 e. The standard InChI is InChI=1S/C17H26O12/c1-10(18)22-5-14-16(28-7-24-12(3)20)17(29-8-25-13(4)21)15(27-9-26-14)6-23-11(2)19/h14-17H,5-9H2,1-4H3/t14-,15+,16+,17-. The summed E-state index contributed by atoms with van der Waals surface area (Å²) in [4.78, 5) is 44.5. The van der Waals surface area contributed by atoms with E-state index in [0.29, 0.717) is 0 Å². The average molecular weight is 422 g/mol. The van der Waals surface area contributed by atoms with Gasteiger partial charge < -0.3 is 37.9 Å². The third-order valence-electron chi connectivity index (χ3n) is 3.57. The molecule has 0 bridgehead atoms. The third kappa shape index (κ3) is 10.2. The quantitative estimate of drug-likeness (QED) is 0.258. The second kappa shape index (κ2) is 13.0. The van der Waals surface area contributed by atoms with Gasteiger partial charge in [-0.3, -0.25) is 19.2 Å². The van der Waals surface area contributed by atoms with E-state index in [9.17, 15) is 19.2 Å². The number of ether oxygens (including phenoxy) is 8. The first-order valence-corrected chi connectivity index (χ1v) is 8.70. The van der Waals surface area contributed by atoms with Crippen molar-refractivity contribution in [2.75, 3.05) is 33.6 Å². The number of hydrogen-bond donors (Lipinski definition) is 0. The number of rotatable bonds is 10. The summed E-state index contributed by atoms with van der Waals surface area (Å²) in [6.07, 6.45) is -3.74. The topological polar surface area (TPSA) is 142 Å². The van der Waals surface area contributed by atoms with Gasteiger partial charge in [-0.25, -0.2) is 0 Å². The molecule has 0 aromatic carbocycles. The summed E-state index contributed by atoms with van der Waals surface area (Å²) in [6, 6.07) is 0. The van der Waals surface area contributed by atoms with Crippen LogP contribution in [0.15, 0.2) is 0 Å². The van der Waals surface area contributed by atoms with Crippen molar-refractivity contribution >= 4 is 23.9 Å². The summed E-state index contributed by atoms with van der Waals surface area (Å²) >= 11 is 0. The molecule has 1 heterocycles. The molecule has 1 rings (SSSR count). The number of carbonyl (C=O) groups is 4. The molecule has 1 aliphatic rings. The summed E-state index contributed by atoms with van der Waals surface area (Å²) in [7, 11) is 0. The highest BCUT2D eigenvalue weighted by Crippen LogP contribution is 2.23. The third-order valence-corrected chi connectivity index (χ3v) is 3.57. The highest BCUT2D eigenvalue weighted by molar-refractivity contribution is 5.66. The zero-order chi connectivity index (χ0) is 21.8. The molecule has 0 unspecified atom stereocenters. The Hall–Kier alpha value is -2.28. The van der Waals surface area contributed by atoms with Crippen molar-refractivity contribution < 1.29 is 57.1 Å². The molecule has 0 radical (unpaired) electrons. The highest BCUT2D eigenvalue weighted by atomic mass is 16.7. The van der Waals surface area contributed by atoms with Gasteiger partial charge in [-0.1, -0.05) is 0 Å². The first-order valence-electron chi connectivity index (χ1n) is 8.70. The van der Waals surface area contributed by atoms with E-state index in [1.807, 2.05) is 0 Å². The fourth-order valence-corrected chi connectivity index (χ4v) is 2.31. The molecule has 12 nitrogen and oxygen atoms in total. The van der Waals surface area contributed by atoms with Gasteiger partial charge in [-0.15, -0.1) is 0 Å². The normalized spacial score (nSPS) is 24.1. The maximum absolute atomic E-state index is 11.2. The molecular weight excluding hydrogens is 396 g/mol. The first kappa shape index (κ1) is 24.8. The summed E-state index contributed by atoms with van der Waals surface area (Å²) < 4.78 is 41.8. The van der Waals surface area contributed by atoms with Crippen LogP contribution < -0.4 is 0 Å². The molecule has 4 atom stereocenters. The monoisotopic (exact) mass is 422 g/mol. The van der Waals surface area contributed by atoms with Crippen LogP contribution >= 0.6 is 0 Å². The van der Waals surface area contributed by atoms with E-state index in [1.165, 1.54) is 27.7 Å². The van der Waals surface area contributed by atoms with Crippen LogP contribution in [0.25, 0.3) is 0 Å². The minimum absolute atomic E-state index is 0.211. The van der Waals surface area contributed by atoms with Crippen LogP contribution in [0.2, 0.25) is 0 Å². The van der Waals surface area contributed by atoms with Crippen LogP contribution in [-0.4, -0.2) is 81.9 Å². The molecule has 0 aromatic rings. The minimum Gasteiger partial charge on any atom is -0.463 e. The van der Waals surface area contributed by atoms with Gasteiger partial charge in [-0.05, 0) is 0 Å². The van der Waals surface area contributed by atoms with Crippen LogP contribution in [0.4, 0.5) is 0 Å². The fraction of sp³-hybridized carbons (Fsp3) is 0.765. The predicted octanol–water partition coefficient (Wildman–Crippen LogP) is -0.334. The lowest BCUT2D eigenvalue weighted by molar-refractivity contribution is -0.210. The molecule has 0 amide bonds. The second-order valence-corrected chi connectivity index (χ2v) is 5.90. The Morgan fingerprint density at radius 1 is 0.655 bits per heavy atom. The van der Waals surface area contributed by atoms with Crippen molar-refractivity contribution in [1.82, 2.24) is 0 Å².